The Morgan fingerprint density at radius 3 is 2.72 bits per heavy atom. The van der Waals surface area contributed by atoms with Gasteiger partial charge in [-0.25, -0.2) is 9.97 Å². The number of nitrogens with zero attached hydrogens (tertiary/aromatic N) is 3. The van der Waals surface area contributed by atoms with E-state index in [0.717, 1.165) is 37.3 Å². The molecule has 2 rings (SSSR count). The van der Waals surface area contributed by atoms with E-state index in [1.165, 1.54) is 0 Å². The van der Waals surface area contributed by atoms with Gasteiger partial charge in [0.1, 0.15) is 12.2 Å². The highest BCUT2D eigenvalue weighted by Crippen LogP contribution is 2.26. The van der Waals surface area contributed by atoms with E-state index in [9.17, 15) is 4.79 Å². The van der Waals surface area contributed by atoms with Crippen LogP contribution in [0.1, 0.15) is 36.0 Å². The number of likely N-dealkylation sites (tertiary alicyclic amines) is 1. The third-order valence-electron chi connectivity index (χ3n) is 3.37. The van der Waals surface area contributed by atoms with E-state index >= 15 is 0 Å². The van der Waals surface area contributed by atoms with Gasteiger partial charge in [0.2, 0.25) is 0 Å². The van der Waals surface area contributed by atoms with Gasteiger partial charge in [0.05, 0.1) is 0 Å². The summed E-state index contributed by atoms with van der Waals surface area (Å²) in [5, 5.41) is 8.81. The summed E-state index contributed by atoms with van der Waals surface area (Å²) >= 11 is 0. The molecule has 5 nitrogen and oxygen atoms in total. The predicted molar refractivity (Wildman–Crippen MR) is 67.6 cm³/mol. The standard InChI is InChI=1S/C13H19N3O2/c1-9-7-11(10-3-5-16(2)6-4-10)15-12(14-9)8-13(17)18/h7,10H,3-6,8H2,1-2H3,(H,17,18). The SMILES string of the molecule is Cc1cc(C2CCN(C)CC2)nc(CC(=O)O)n1. The fraction of sp³-hybridized carbons (Fsp3) is 0.615. The summed E-state index contributed by atoms with van der Waals surface area (Å²) in [6.45, 7) is 4.04. The zero-order valence-electron chi connectivity index (χ0n) is 10.9. The minimum absolute atomic E-state index is 0.0959. The molecule has 1 aliphatic rings. The molecule has 5 heteroatoms. The first-order valence-electron chi connectivity index (χ1n) is 6.29. The Hall–Kier alpha value is -1.49. The quantitative estimate of drug-likeness (QED) is 0.872. The number of aryl methyl sites for hydroxylation is 1. The van der Waals surface area contributed by atoms with Crippen LogP contribution >= 0.6 is 0 Å². The lowest BCUT2D eigenvalue weighted by atomic mass is 9.93. The topological polar surface area (TPSA) is 66.3 Å². The molecule has 1 N–H and O–H groups in total. The second-order valence-corrected chi connectivity index (χ2v) is 5.00. The van der Waals surface area contributed by atoms with Crippen molar-refractivity contribution in [2.24, 2.45) is 0 Å². The molecule has 0 bridgehead atoms. The van der Waals surface area contributed by atoms with Crippen LogP contribution in [0.3, 0.4) is 0 Å². The van der Waals surface area contributed by atoms with Gasteiger partial charge in [-0.15, -0.1) is 0 Å². The fourth-order valence-electron chi connectivity index (χ4n) is 2.38. The third kappa shape index (κ3) is 3.26. The molecule has 0 spiro atoms. The number of hydrogen-bond donors (Lipinski definition) is 1. The van der Waals surface area contributed by atoms with E-state index in [2.05, 4.69) is 21.9 Å². The van der Waals surface area contributed by atoms with Gasteiger partial charge in [-0.05, 0) is 46.0 Å². The van der Waals surface area contributed by atoms with E-state index in [0.29, 0.717) is 11.7 Å². The summed E-state index contributed by atoms with van der Waals surface area (Å²) < 4.78 is 0. The fourth-order valence-corrected chi connectivity index (χ4v) is 2.38. The van der Waals surface area contributed by atoms with Gasteiger partial charge < -0.3 is 10.0 Å². The lowest BCUT2D eigenvalue weighted by Gasteiger charge is -2.28. The van der Waals surface area contributed by atoms with Gasteiger partial charge in [-0.1, -0.05) is 0 Å². The van der Waals surface area contributed by atoms with Crippen LogP contribution in [0.4, 0.5) is 0 Å². The second kappa shape index (κ2) is 5.44. The molecule has 0 radical (unpaired) electrons. The Kier molecular flexibility index (Phi) is 3.91. The summed E-state index contributed by atoms with van der Waals surface area (Å²) in [4.78, 5) is 21.6. The molecule has 0 aliphatic carbocycles. The molecule has 1 saturated heterocycles. The van der Waals surface area contributed by atoms with E-state index in [1.54, 1.807) is 0 Å². The molecule has 18 heavy (non-hydrogen) atoms. The number of carboxylic acids is 1. The van der Waals surface area contributed by atoms with Crippen LogP contribution in [0.2, 0.25) is 0 Å². The molecule has 0 unspecified atom stereocenters. The van der Waals surface area contributed by atoms with Crippen molar-refractivity contribution in [2.45, 2.75) is 32.1 Å². The Balaban J connectivity index is 2.17. The first-order chi connectivity index (χ1) is 8.54. The molecular weight excluding hydrogens is 230 g/mol. The average molecular weight is 249 g/mol. The van der Waals surface area contributed by atoms with Crippen molar-refractivity contribution in [1.82, 2.24) is 14.9 Å². The van der Waals surface area contributed by atoms with Crippen LogP contribution in [0.25, 0.3) is 0 Å². The normalized spacial score (nSPS) is 17.9. The zero-order chi connectivity index (χ0) is 13.1. The van der Waals surface area contributed by atoms with Gasteiger partial charge in [0.15, 0.2) is 0 Å². The Bertz CT molecular complexity index is 440. The van der Waals surface area contributed by atoms with Crippen molar-refractivity contribution in [3.8, 4) is 0 Å². The minimum Gasteiger partial charge on any atom is -0.481 e. The van der Waals surface area contributed by atoms with Crippen LogP contribution < -0.4 is 0 Å². The Morgan fingerprint density at radius 1 is 1.44 bits per heavy atom. The molecule has 0 aromatic carbocycles. The maximum Gasteiger partial charge on any atom is 0.311 e. The maximum atomic E-state index is 10.7. The molecule has 1 aliphatic heterocycles. The second-order valence-electron chi connectivity index (χ2n) is 5.00. The van der Waals surface area contributed by atoms with E-state index in [1.807, 2.05) is 13.0 Å². The number of aromatic nitrogens is 2. The van der Waals surface area contributed by atoms with Gasteiger partial charge in [0.25, 0.3) is 0 Å². The summed E-state index contributed by atoms with van der Waals surface area (Å²) in [6.07, 6.45) is 2.07. The number of rotatable bonds is 3. The van der Waals surface area contributed by atoms with Crippen LogP contribution in [-0.2, 0) is 11.2 Å². The molecule has 1 aromatic heterocycles. The number of piperidine rings is 1. The van der Waals surface area contributed by atoms with Crippen molar-refractivity contribution in [2.75, 3.05) is 20.1 Å². The minimum atomic E-state index is -0.880. The van der Waals surface area contributed by atoms with Crippen molar-refractivity contribution in [3.63, 3.8) is 0 Å². The maximum absolute atomic E-state index is 10.7. The molecule has 98 valence electrons. The van der Waals surface area contributed by atoms with E-state index in [-0.39, 0.29) is 6.42 Å². The molecular formula is C13H19N3O2. The summed E-state index contributed by atoms with van der Waals surface area (Å²) in [5.41, 5.74) is 1.86. The summed E-state index contributed by atoms with van der Waals surface area (Å²) in [6, 6.07) is 1.99. The smallest absolute Gasteiger partial charge is 0.311 e. The molecule has 1 fully saturated rings. The zero-order valence-corrected chi connectivity index (χ0v) is 10.9. The van der Waals surface area contributed by atoms with Crippen molar-refractivity contribution in [1.29, 1.82) is 0 Å². The van der Waals surface area contributed by atoms with Gasteiger partial charge >= 0.3 is 5.97 Å². The van der Waals surface area contributed by atoms with Gasteiger partial charge in [-0.3, -0.25) is 4.79 Å². The van der Waals surface area contributed by atoms with Crippen LogP contribution in [-0.4, -0.2) is 46.1 Å². The first kappa shape index (κ1) is 13.0. The van der Waals surface area contributed by atoms with Crippen LogP contribution in [0.5, 0.6) is 0 Å². The van der Waals surface area contributed by atoms with E-state index in [4.69, 9.17) is 5.11 Å². The van der Waals surface area contributed by atoms with Gasteiger partial charge in [0, 0.05) is 17.3 Å². The molecule has 2 heterocycles. The molecule has 0 atom stereocenters. The summed E-state index contributed by atoms with van der Waals surface area (Å²) in [5.74, 6) is -0.0122. The lowest BCUT2D eigenvalue weighted by Crippen LogP contribution is -2.29. The Labute approximate surface area is 107 Å². The average Bonchev–Trinajstić information content (AvgIpc) is 2.28. The van der Waals surface area contributed by atoms with Gasteiger partial charge in [-0.2, -0.15) is 0 Å². The highest BCUT2D eigenvalue weighted by atomic mass is 16.4. The van der Waals surface area contributed by atoms with Crippen molar-refractivity contribution in [3.05, 3.63) is 23.3 Å². The molecule has 0 saturated carbocycles. The number of aliphatic carboxylic acids is 1. The van der Waals surface area contributed by atoms with Crippen LogP contribution in [0, 0.1) is 6.92 Å². The monoisotopic (exact) mass is 249 g/mol. The van der Waals surface area contributed by atoms with Crippen molar-refractivity contribution < 1.29 is 9.90 Å². The number of carboxylic acid groups (broad SMARTS) is 1. The number of carbonyl (C=O) groups is 1. The third-order valence-corrected chi connectivity index (χ3v) is 3.37. The molecule has 0 amide bonds. The largest absolute Gasteiger partial charge is 0.481 e. The van der Waals surface area contributed by atoms with Crippen molar-refractivity contribution >= 4 is 5.97 Å². The highest BCUT2D eigenvalue weighted by Gasteiger charge is 2.20. The lowest BCUT2D eigenvalue weighted by molar-refractivity contribution is -0.136. The van der Waals surface area contributed by atoms with Crippen LogP contribution in [0.15, 0.2) is 6.07 Å². The number of hydrogen-bond acceptors (Lipinski definition) is 4. The molecule has 1 aromatic rings. The first-order valence-corrected chi connectivity index (χ1v) is 6.29. The predicted octanol–water partition coefficient (Wildman–Crippen LogP) is 1.22. The summed E-state index contributed by atoms with van der Waals surface area (Å²) in [7, 11) is 2.12. The van der Waals surface area contributed by atoms with E-state index < -0.39 is 5.97 Å². The Morgan fingerprint density at radius 2 is 2.11 bits per heavy atom. The highest BCUT2D eigenvalue weighted by molar-refractivity contribution is 5.68.